The maximum atomic E-state index is 11.1. The highest BCUT2D eigenvalue weighted by atomic mass is 16.5. The molecule has 0 fully saturated rings. The predicted molar refractivity (Wildman–Crippen MR) is 56.5 cm³/mol. The molecule has 0 spiro atoms. The number of hydrogen-bond donors (Lipinski definition) is 1. The van der Waals surface area contributed by atoms with Crippen LogP contribution in [0, 0.1) is 5.41 Å². The Balaban J connectivity index is 4.28. The van der Waals surface area contributed by atoms with Gasteiger partial charge in [-0.15, -0.1) is 0 Å². The van der Waals surface area contributed by atoms with Crippen LogP contribution in [0.15, 0.2) is 0 Å². The van der Waals surface area contributed by atoms with Gasteiger partial charge < -0.3 is 9.84 Å². The first kappa shape index (κ1) is 13.9. The van der Waals surface area contributed by atoms with Crippen LogP contribution in [0.25, 0.3) is 0 Å². The third kappa shape index (κ3) is 4.32. The number of aliphatic carboxylic acids is 1. The van der Waals surface area contributed by atoms with Crippen molar-refractivity contribution in [3.05, 3.63) is 0 Å². The minimum atomic E-state index is -1.15. The Bertz CT molecular complexity index is 231. The van der Waals surface area contributed by atoms with E-state index in [-0.39, 0.29) is 11.5 Å². The molecule has 0 aromatic carbocycles. The minimum absolute atomic E-state index is 0.0752. The van der Waals surface area contributed by atoms with Gasteiger partial charge in [0.15, 0.2) is 0 Å². The molecule has 0 rings (SSSR count). The van der Waals surface area contributed by atoms with Gasteiger partial charge in [-0.25, -0.2) is 0 Å². The lowest BCUT2D eigenvalue weighted by Crippen LogP contribution is -2.33. The molecule has 1 unspecified atom stereocenters. The van der Waals surface area contributed by atoms with Crippen LogP contribution < -0.4 is 0 Å². The Morgan fingerprint density at radius 2 is 1.80 bits per heavy atom. The first-order valence-corrected chi connectivity index (χ1v) is 5.27. The zero-order valence-electron chi connectivity index (χ0n) is 9.87. The molecule has 0 bridgehead atoms. The van der Waals surface area contributed by atoms with Crippen LogP contribution in [-0.2, 0) is 14.3 Å². The van der Waals surface area contributed by atoms with E-state index in [9.17, 15) is 9.59 Å². The first-order chi connectivity index (χ1) is 6.85. The largest absolute Gasteiger partial charge is 0.481 e. The number of esters is 1. The SMILES string of the molecule is CCC(C)(CC)C(C)OC(=O)CC(=O)O. The molecule has 0 aromatic heterocycles. The van der Waals surface area contributed by atoms with Gasteiger partial charge >= 0.3 is 11.9 Å². The zero-order chi connectivity index (χ0) is 12.1. The number of hydrogen-bond acceptors (Lipinski definition) is 3. The van der Waals surface area contributed by atoms with Gasteiger partial charge in [0.05, 0.1) is 0 Å². The smallest absolute Gasteiger partial charge is 0.317 e. The predicted octanol–water partition coefficient (Wildman–Crippen LogP) is 2.22. The van der Waals surface area contributed by atoms with Crippen molar-refractivity contribution in [2.45, 2.75) is 53.1 Å². The lowest BCUT2D eigenvalue weighted by molar-refractivity contribution is -0.159. The molecule has 4 nitrogen and oxygen atoms in total. The van der Waals surface area contributed by atoms with Gasteiger partial charge in [-0.3, -0.25) is 9.59 Å². The summed E-state index contributed by atoms with van der Waals surface area (Å²) in [6.45, 7) is 7.91. The van der Waals surface area contributed by atoms with Gasteiger partial charge in [-0.05, 0) is 19.8 Å². The van der Waals surface area contributed by atoms with Gasteiger partial charge in [0.25, 0.3) is 0 Å². The molecule has 0 saturated carbocycles. The zero-order valence-corrected chi connectivity index (χ0v) is 9.87. The molecule has 15 heavy (non-hydrogen) atoms. The van der Waals surface area contributed by atoms with Crippen LogP contribution in [0.5, 0.6) is 0 Å². The summed E-state index contributed by atoms with van der Waals surface area (Å²) in [5.41, 5.74) is -0.0752. The highest BCUT2D eigenvalue weighted by Crippen LogP contribution is 2.31. The number of carboxylic acids is 1. The molecule has 0 heterocycles. The van der Waals surface area contributed by atoms with Gasteiger partial charge in [-0.1, -0.05) is 20.8 Å². The summed E-state index contributed by atoms with van der Waals surface area (Å²) < 4.78 is 5.09. The van der Waals surface area contributed by atoms with Crippen molar-refractivity contribution < 1.29 is 19.4 Å². The summed E-state index contributed by atoms with van der Waals surface area (Å²) in [4.78, 5) is 21.4. The molecule has 1 N–H and O–H groups in total. The van der Waals surface area contributed by atoms with Crippen molar-refractivity contribution in [1.29, 1.82) is 0 Å². The average Bonchev–Trinajstić information content (AvgIpc) is 2.15. The normalized spacial score (nSPS) is 13.3. The minimum Gasteiger partial charge on any atom is -0.481 e. The first-order valence-electron chi connectivity index (χ1n) is 5.27. The Morgan fingerprint density at radius 1 is 1.33 bits per heavy atom. The van der Waals surface area contributed by atoms with E-state index >= 15 is 0 Å². The molecular formula is C11H20O4. The van der Waals surface area contributed by atoms with Crippen molar-refractivity contribution in [1.82, 2.24) is 0 Å². The van der Waals surface area contributed by atoms with Crippen LogP contribution in [0.4, 0.5) is 0 Å². The highest BCUT2D eigenvalue weighted by molar-refractivity contribution is 5.90. The van der Waals surface area contributed by atoms with E-state index in [1.165, 1.54) is 0 Å². The van der Waals surface area contributed by atoms with E-state index in [4.69, 9.17) is 9.84 Å². The third-order valence-corrected chi connectivity index (χ3v) is 3.20. The average molecular weight is 216 g/mol. The number of carboxylic acid groups (broad SMARTS) is 1. The second kappa shape index (κ2) is 5.73. The van der Waals surface area contributed by atoms with E-state index < -0.39 is 18.4 Å². The number of carbonyl (C=O) groups is 2. The van der Waals surface area contributed by atoms with Crippen LogP contribution in [0.3, 0.4) is 0 Å². The molecule has 0 aliphatic heterocycles. The Labute approximate surface area is 90.6 Å². The summed E-state index contributed by atoms with van der Waals surface area (Å²) >= 11 is 0. The summed E-state index contributed by atoms with van der Waals surface area (Å²) in [6, 6.07) is 0. The molecule has 0 amide bonds. The van der Waals surface area contributed by atoms with Crippen molar-refractivity contribution in [3.8, 4) is 0 Å². The molecule has 0 radical (unpaired) electrons. The van der Waals surface area contributed by atoms with Crippen LogP contribution in [-0.4, -0.2) is 23.1 Å². The number of ether oxygens (including phenoxy) is 1. The van der Waals surface area contributed by atoms with Crippen molar-refractivity contribution in [3.63, 3.8) is 0 Å². The second-order valence-corrected chi connectivity index (χ2v) is 4.06. The Hall–Kier alpha value is -1.06. The van der Waals surface area contributed by atoms with Crippen LogP contribution in [0.2, 0.25) is 0 Å². The van der Waals surface area contributed by atoms with E-state index in [2.05, 4.69) is 0 Å². The monoisotopic (exact) mass is 216 g/mol. The molecule has 4 heteroatoms. The van der Waals surface area contributed by atoms with Crippen LogP contribution in [0.1, 0.15) is 47.0 Å². The second-order valence-electron chi connectivity index (χ2n) is 4.06. The molecule has 0 aliphatic carbocycles. The Kier molecular flexibility index (Phi) is 5.33. The van der Waals surface area contributed by atoms with Crippen molar-refractivity contribution >= 4 is 11.9 Å². The Morgan fingerprint density at radius 3 is 2.13 bits per heavy atom. The summed E-state index contributed by atoms with van der Waals surface area (Å²) in [5.74, 6) is -1.81. The van der Waals surface area contributed by atoms with Gasteiger partial charge in [0, 0.05) is 5.41 Å². The van der Waals surface area contributed by atoms with Crippen molar-refractivity contribution in [2.75, 3.05) is 0 Å². The number of carbonyl (C=O) groups excluding carboxylic acids is 1. The van der Waals surface area contributed by atoms with E-state index in [0.29, 0.717) is 0 Å². The fourth-order valence-corrected chi connectivity index (χ4v) is 1.33. The summed E-state index contributed by atoms with van der Waals surface area (Å²) in [6.07, 6.45) is 0.975. The molecule has 0 aromatic rings. The molecule has 88 valence electrons. The van der Waals surface area contributed by atoms with E-state index in [1.807, 2.05) is 27.7 Å². The van der Waals surface area contributed by atoms with Gasteiger partial charge in [-0.2, -0.15) is 0 Å². The van der Waals surface area contributed by atoms with Crippen LogP contribution >= 0.6 is 0 Å². The molecular weight excluding hydrogens is 196 g/mol. The lowest BCUT2D eigenvalue weighted by Gasteiger charge is -2.33. The quantitative estimate of drug-likeness (QED) is 0.546. The maximum absolute atomic E-state index is 11.1. The number of rotatable bonds is 6. The van der Waals surface area contributed by atoms with E-state index in [0.717, 1.165) is 12.8 Å². The van der Waals surface area contributed by atoms with Crippen molar-refractivity contribution in [2.24, 2.45) is 5.41 Å². The topological polar surface area (TPSA) is 63.6 Å². The van der Waals surface area contributed by atoms with E-state index in [1.54, 1.807) is 0 Å². The summed E-state index contributed by atoms with van der Waals surface area (Å²) in [5, 5.41) is 8.41. The maximum Gasteiger partial charge on any atom is 0.317 e. The molecule has 0 aliphatic rings. The highest BCUT2D eigenvalue weighted by Gasteiger charge is 2.30. The fourth-order valence-electron chi connectivity index (χ4n) is 1.33. The molecule has 0 saturated heterocycles. The van der Waals surface area contributed by atoms with Gasteiger partial charge in [0.2, 0.25) is 0 Å². The molecule has 1 atom stereocenters. The fraction of sp³-hybridized carbons (Fsp3) is 0.818. The third-order valence-electron chi connectivity index (χ3n) is 3.20. The standard InChI is InChI=1S/C11H20O4/c1-5-11(4,6-2)8(3)15-10(14)7-9(12)13/h8H,5-7H2,1-4H3,(H,12,13). The van der Waals surface area contributed by atoms with Gasteiger partial charge in [0.1, 0.15) is 12.5 Å². The lowest BCUT2D eigenvalue weighted by atomic mass is 9.80. The summed E-state index contributed by atoms with van der Waals surface area (Å²) in [7, 11) is 0.